The van der Waals surface area contributed by atoms with Gasteiger partial charge in [0, 0.05) is 111 Å². The number of thiophene rings is 4. The van der Waals surface area contributed by atoms with E-state index in [-0.39, 0.29) is 0 Å². The largest absolute Gasteiger partial charge is 0.306 e. The number of aromatic nitrogens is 4. The van der Waals surface area contributed by atoms with E-state index in [2.05, 4.69) is 274 Å². The molecule has 0 atom stereocenters. The third-order valence-electron chi connectivity index (χ3n) is 19.4. The van der Waals surface area contributed by atoms with Crippen molar-refractivity contribution in [3.05, 3.63) is 254 Å². The van der Waals surface area contributed by atoms with Gasteiger partial charge in [0.25, 0.3) is 0 Å². The number of fused-ring (bicyclic) bond motifs is 28. The van der Waals surface area contributed by atoms with Crippen LogP contribution in [0.25, 0.3) is 191 Å². The topological polar surface area (TPSA) is 43.5 Å². The lowest BCUT2D eigenvalue weighted by Crippen LogP contribution is -2.16. The molecule has 21 aromatic rings. The molecule has 0 aliphatic carbocycles. The Morgan fingerprint density at radius 1 is 0.247 bits per heavy atom. The molecule has 0 spiro atoms. The molecule has 0 bridgehead atoms. The van der Waals surface area contributed by atoms with Gasteiger partial charge >= 0.3 is 0 Å². The number of hydrogen-bond acceptors (Lipinski definition) is 5. The van der Waals surface area contributed by atoms with E-state index in [0.717, 1.165) is 94.0 Å². The monoisotopic (exact) mass is 1200 g/mol. The van der Waals surface area contributed by atoms with Crippen molar-refractivity contribution in [1.29, 1.82) is 5.26 Å². The lowest BCUT2D eigenvalue weighted by atomic mass is 9.98. The molecule has 9 heteroatoms. The summed E-state index contributed by atoms with van der Waals surface area (Å²) in [5.41, 5.74) is 13.9. The maximum atomic E-state index is 13.4. The van der Waals surface area contributed by atoms with Crippen molar-refractivity contribution in [2.45, 2.75) is 6.92 Å². The van der Waals surface area contributed by atoms with Crippen LogP contribution in [0.2, 0.25) is 0 Å². The van der Waals surface area contributed by atoms with E-state index in [1.165, 1.54) is 102 Å². The first-order chi connectivity index (χ1) is 44.1. The van der Waals surface area contributed by atoms with E-state index >= 15 is 0 Å². The molecule has 412 valence electrons. The first-order valence-electron chi connectivity index (χ1n) is 30.1. The van der Waals surface area contributed by atoms with E-state index in [0.29, 0.717) is 5.56 Å². The van der Waals surface area contributed by atoms with Crippen LogP contribution in [0.1, 0.15) is 11.1 Å². The van der Waals surface area contributed by atoms with Gasteiger partial charge in [0.05, 0.1) is 85.7 Å². The maximum Gasteiger partial charge on any atom is 0.104 e. The zero-order valence-corrected chi connectivity index (χ0v) is 50.7. The molecule has 0 unspecified atom stereocenters. The van der Waals surface area contributed by atoms with Gasteiger partial charge in [-0.15, -0.1) is 45.3 Å². The van der Waals surface area contributed by atoms with Crippen LogP contribution in [0.15, 0.2) is 243 Å². The summed E-state index contributed by atoms with van der Waals surface area (Å²) in [6.07, 6.45) is 0. The summed E-state index contributed by atoms with van der Waals surface area (Å²) in [6.45, 7) is 2.39. The Hall–Kier alpha value is -10.6. The third-order valence-corrected chi connectivity index (χ3v) is 24.1. The molecule has 21 rings (SSSR count). The van der Waals surface area contributed by atoms with Crippen LogP contribution in [-0.4, -0.2) is 18.3 Å². The highest BCUT2D eigenvalue weighted by atomic mass is 32.1. The minimum Gasteiger partial charge on any atom is -0.306 e. The molecule has 89 heavy (non-hydrogen) atoms. The summed E-state index contributed by atoms with van der Waals surface area (Å²) in [7, 11) is 0. The fraction of sp³-hybridized carbons (Fsp3) is 0.0125. The summed E-state index contributed by atoms with van der Waals surface area (Å²) >= 11 is 7.48. The van der Waals surface area contributed by atoms with Gasteiger partial charge in [-0.2, -0.15) is 5.26 Å². The van der Waals surface area contributed by atoms with Crippen LogP contribution in [0.3, 0.4) is 0 Å². The van der Waals surface area contributed by atoms with E-state index < -0.39 is 0 Å². The molecular formula is C80H43N5S4. The number of nitriles is 1. The number of nitrogens with zero attached hydrogens (tertiary/aromatic N) is 5. The Bertz CT molecular complexity index is 6070. The highest BCUT2D eigenvalue weighted by Gasteiger charge is 2.35. The highest BCUT2D eigenvalue weighted by molar-refractivity contribution is 7.28. The lowest BCUT2D eigenvalue weighted by molar-refractivity contribution is 1.02. The van der Waals surface area contributed by atoms with Gasteiger partial charge in [-0.25, -0.2) is 0 Å². The Labute approximate surface area is 522 Å². The van der Waals surface area contributed by atoms with Gasteiger partial charge in [-0.3, -0.25) is 0 Å². The van der Waals surface area contributed by atoms with E-state index in [4.69, 9.17) is 0 Å². The minimum absolute atomic E-state index is 0.572. The van der Waals surface area contributed by atoms with Crippen LogP contribution in [0.5, 0.6) is 0 Å². The molecule has 0 saturated heterocycles. The summed E-state index contributed by atoms with van der Waals surface area (Å²) < 4.78 is 20.0. The molecule has 5 nitrogen and oxygen atoms in total. The van der Waals surface area contributed by atoms with Gasteiger partial charge in [0.15, 0.2) is 0 Å². The molecule has 0 aliphatic rings. The fourth-order valence-corrected chi connectivity index (χ4v) is 20.7. The standard InChI is InChI=1S/C80H43N5S4/c1-43-69(84-73-52(34-38-56-48-22-6-14-30-65(48)86-77(56)73)53-35-39-57-49-23-7-15-31-66(49)87-78(57)74(53)84)71(82-61-26-10-2-18-44(61)45-19-3-11-27-62(45)82)60(42-81)72(83-63-28-12-4-20-46(63)47-21-5-13-29-64(47)83)70(43)85-75-54(36-40-58-50-24-8-16-32-67(50)88-79(58)75)55-37-41-59-51-25-9-17-33-68(51)89-80(59)76(55)85/h2-41H,1H3. The van der Waals surface area contributed by atoms with Crippen LogP contribution in [0, 0.1) is 18.3 Å². The van der Waals surface area contributed by atoms with Gasteiger partial charge in [-0.05, 0) is 55.5 Å². The maximum absolute atomic E-state index is 13.4. The molecular weight excluding hydrogens is 1160 g/mol. The van der Waals surface area contributed by atoms with E-state index in [1.807, 2.05) is 45.3 Å². The quantitative estimate of drug-likeness (QED) is 0.173. The highest BCUT2D eigenvalue weighted by Crippen LogP contribution is 2.55. The Balaban J connectivity index is 1.10. The van der Waals surface area contributed by atoms with Crippen LogP contribution in [-0.2, 0) is 0 Å². The number of hydrogen-bond donors (Lipinski definition) is 0. The van der Waals surface area contributed by atoms with Crippen molar-refractivity contribution in [2.75, 3.05) is 0 Å². The smallest absolute Gasteiger partial charge is 0.104 e. The molecule has 0 radical (unpaired) electrons. The zero-order chi connectivity index (χ0) is 58.1. The SMILES string of the molecule is Cc1c(-n2c3c(ccc4c5ccccc5sc43)c3ccc4c5ccccc5sc4c32)c(-n2c3ccccc3c3ccccc32)c(C#N)c(-n2c3ccccc3c3ccccc32)c1-n1c2c(ccc3c4ccccc4sc32)c2ccc3c4ccccc4sc3c21. The lowest BCUT2D eigenvalue weighted by Gasteiger charge is -2.28. The molecule has 0 N–H and O–H groups in total. The molecule has 0 aliphatic heterocycles. The number of benzene rings is 13. The van der Waals surface area contributed by atoms with Crippen molar-refractivity contribution in [2.24, 2.45) is 0 Å². The number of rotatable bonds is 4. The summed E-state index contributed by atoms with van der Waals surface area (Å²) in [4.78, 5) is 0. The minimum atomic E-state index is 0.572. The van der Waals surface area contributed by atoms with Crippen molar-refractivity contribution in [1.82, 2.24) is 18.3 Å². The Kier molecular flexibility index (Phi) is 9.58. The average Bonchev–Trinajstić information content (AvgIpc) is 1.58. The molecule has 8 aromatic heterocycles. The summed E-state index contributed by atoms with van der Waals surface area (Å²) in [6, 6.07) is 93.0. The van der Waals surface area contributed by atoms with Crippen molar-refractivity contribution < 1.29 is 0 Å². The van der Waals surface area contributed by atoms with Crippen LogP contribution >= 0.6 is 45.3 Å². The van der Waals surface area contributed by atoms with Crippen LogP contribution in [0.4, 0.5) is 0 Å². The third kappa shape index (κ3) is 6.16. The predicted molar refractivity (Wildman–Crippen MR) is 385 cm³/mol. The van der Waals surface area contributed by atoms with Gasteiger partial charge in [0.1, 0.15) is 11.6 Å². The molecule has 0 fully saturated rings. The van der Waals surface area contributed by atoms with Crippen molar-refractivity contribution in [3.8, 4) is 28.8 Å². The first-order valence-corrected chi connectivity index (χ1v) is 33.3. The summed E-state index contributed by atoms with van der Waals surface area (Å²) in [5.74, 6) is 0. The van der Waals surface area contributed by atoms with E-state index in [1.54, 1.807) is 0 Å². The summed E-state index contributed by atoms with van der Waals surface area (Å²) in [5, 5.41) is 32.4. The van der Waals surface area contributed by atoms with Gasteiger partial charge in [0.2, 0.25) is 0 Å². The normalized spacial score (nSPS) is 12.5. The van der Waals surface area contributed by atoms with Gasteiger partial charge in [-0.1, -0.05) is 194 Å². The van der Waals surface area contributed by atoms with Gasteiger partial charge < -0.3 is 18.3 Å². The Morgan fingerprint density at radius 2 is 0.483 bits per heavy atom. The molecule has 8 heterocycles. The molecule has 13 aromatic carbocycles. The first kappa shape index (κ1) is 48.5. The zero-order valence-electron chi connectivity index (χ0n) is 47.5. The fourth-order valence-electron chi connectivity index (χ4n) is 15.8. The van der Waals surface area contributed by atoms with E-state index in [9.17, 15) is 5.26 Å². The van der Waals surface area contributed by atoms with Crippen molar-refractivity contribution in [3.63, 3.8) is 0 Å². The van der Waals surface area contributed by atoms with Crippen LogP contribution < -0.4 is 0 Å². The second-order valence-electron chi connectivity index (χ2n) is 23.7. The predicted octanol–water partition coefficient (Wildman–Crippen LogP) is 23.7. The number of para-hydroxylation sites is 4. The Morgan fingerprint density at radius 3 is 0.753 bits per heavy atom. The van der Waals surface area contributed by atoms with Crippen molar-refractivity contribution >= 4 is 213 Å². The average molecular weight is 1200 g/mol. The molecule has 0 amide bonds. The molecule has 0 saturated carbocycles. The second kappa shape index (κ2) is 17.6. The second-order valence-corrected chi connectivity index (χ2v) is 27.9.